The van der Waals surface area contributed by atoms with Crippen LogP contribution in [0.1, 0.15) is 33.7 Å². The number of benzene rings is 5. The van der Waals surface area contributed by atoms with E-state index in [-0.39, 0.29) is 28.9 Å². The van der Waals surface area contributed by atoms with E-state index in [2.05, 4.69) is 12.1 Å². The topological polar surface area (TPSA) is 80.9 Å². The Balaban J connectivity index is 1.94. The third-order valence-electron chi connectivity index (χ3n) is 6.76. The maximum absolute atomic E-state index is 10.1. The Hall–Kier alpha value is -4.70. The molecule has 178 valence electrons. The van der Waals surface area contributed by atoms with Crippen molar-refractivity contribution in [3.8, 4) is 23.0 Å². The quantitative estimate of drug-likeness (QED) is 0.207. The van der Waals surface area contributed by atoms with E-state index in [9.17, 15) is 20.4 Å². The van der Waals surface area contributed by atoms with Crippen LogP contribution in [0.3, 0.4) is 0 Å². The Kier molecular flexibility index (Phi) is 6.09. The molecule has 4 N–H and O–H groups in total. The highest BCUT2D eigenvalue weighted by molar-refractivity contribution is 5.59. The third-order valence-corrected chi connectivity index (χ3v) is 6.76. The van der Waals surface area contributed by atoms with Crippen molar-refractivity contribution in [3.05, 3.63) is 155 Å². The van der Waals surface area contributed by atoms with E-state index < -0.39 is 5.41 Å². The summed E-state index contributed by atoms with van der Waals surface area (Å²) in [6, 6.07) is 38.8. The smallest absolute Gasteiger partial charge is 0.115 e. The predicted octanol–water partition coefficient (Wildman–Crippen LogP) is 6.68. The average molecular weight is 475 g/mol. The minimum Gasteiger partial charge on any atom is -0.508 e. The van der Waals surface area contributed by atoms with Gasteiger partial charge in [-0.15, -0.1) is 0 Å². The van der Waals surface area contributed by atoms with Crippen molar-refractivity contribution < 1.29 is 20.4 Å². The molecule has 0 radical (unpaired) electrons. The molecule has 0 fully saturated rings. The molecule has 0 aliphatic heterocycles. The highest BCUT2D eigenvalue weighted by atomic mass is 16.3. The number of phenolic OH excluding ortho intramolecular Hbond substituents is 4. The second-order valence-corrected chi connectivity index (χ2v) is 8.88. The van der Waals surface area contributed by atoms with Crippen LogP contribution >= 0.6 is 0 Å². The zero-order valence-corrected chi connectivity index (χ0v) is 19.5. The van der Waals surface area contributed by atoms with Gasteiger partial charge in [0.05, 0.1) is 5.41 Å². The van der Waals surface area contributed by atoms with Crippen molar-refractivity contribution in [3.63, 3.8) is 0 Å². The number of aromatic hydroxyl groups is 4. The maximum atomic E-state index is 10.1. The van der Waals surface area contributed by atoms with Gasteiger partial charge in [0.25, 0.3) is 0 Å². The highest BCUT2D eigenvalue weighted by Crippen LogP contribution is 2.53. The molecule has 0 saturated heterocycles. The molecule has 0 saturated carbocycles. The first-order valence-corrected chi connectivity index (χ1v) is 11.7. The molecule has 0 unspecified atom stereocenters. The Bertz CT molecular complexity index is 1330. The summed E-state index contributed by atoms with van der Waals surface area (Å²) >= 11 is 0. The largest absolute Gasteiger partial charge is 0.508 e. The van der Waals surface area contributed by atoms with Gasteiger partial charge >= 0.3 is 0 Å². The lowest BCUT2D eigenvalue weighted by Gasteiger charge is -2.43. The van der Waals surface area contributed by atoms with Crippen LogP contribution in [0.4, 0.5) is 0 Å². The van der Waals surface area contributed by atoms with E-state index in [1.165, 1.54) is 0 Å². The monoisotopic (exact) mass is 474 g/mol. The van der Waals surface area contributed by atoms with E-state index in [1.807, 2.05) is 66.7 Å². The molecule has 4 nitrogen and oxygen atoms in total. The standard InChI is InChI=1S/C32H26O4/c33-27-14-6-22(7-15-27)31(23-8-16-28(34)17-9-23)32(24-4-2-1-3-5-24,25-10-18-29(35)19-11-25)26-12-20-30(36)21-13-26/h1-21,31,33-36H. The molecule has 0 aromatic heterocycles. The summed E-state index contributed by atoms with van der Waals surface area (Å²) in [5.41, 5.74) is 3.96. The van der Waals surface area contributed by atoms with Gasteiger partial charge in [0.15, 0.2) is 0 Å². The van der Waals surface area contributed by atoms with E-state index >= 15 is 0 Å². The summed E-state index contributed by atoms with van der Waals surface area (Å²) < 4.78 is 0. The number of rotatable bonds is 6. The number of phenols is 4. The summed E-state index contributed by atoms with van der Waals surface area (Å²) in [4.78, 5) is 0. The van der Waals surface area contributed by atoms with Gasteiger partial charge in [-0.3, -0.25) is 0 Å². The molecule has 36 heavy (non-hydrogen) atoms. The average Bonchev–Trinajstić information content (AvgIpc) is 2.91. The van der Waals surface area contributed by atoms with E-state index in [1.54, 1.807) is 48.5 Å². The fourth-order valence-electron chi connectivity index (χ4n) is 5.18. The molecular formula is C32H26O4. The van der Waals surface area contributed by atoms with Gasteiger partial charge < -0.3 is 20.4 Å². The maximum Gasteiger partial charge on any atom is 0.115 e. The lowest BCUT2D eigenvalue weighted by Crippen LogP contribution is -2.37. The lowest BCUT2D eigenvalue weighted by molar-refractivity contribution is 0.468. The molecule has 5 aromatic rings. The van der Waals surface area contributed by atoms with Gasteiger partial charge in [-0.1, -0.05) is 78.9 Å². The second-order valence-electron chi connectivity index (χ2n) is 8.88. The third kappa shape index (κ3) is 4.14. The number of hydrogen-bond acceptors (Lipinski definition) is 4. The minimum atomic E-state index is -0.809. The van der Waals surface area contributed by atoms with Crippen LogP contribution in [0, 0.1) is 0 Å². The molecule has 0 spiro atoms. The van der Waals surface area contributed by atoms with Crippen LogP contribution in [-0.2, 0) is 5.41 Å². The van der Waals surface area contributed by atoms with E-state index in [4.69, 9.17) is 0 Å². The molecule has 0 heterocycles. The summed E-state index contributed by atoms with van der Waals surface area (Å²) in [5, 5.41) is 40.4. The van der Waals surface area contributed by atoms with Gasteiger partial charge in [0, 0.05) is 5.92 Å². The van der Waals surface area contributed by atoms with Gasteiger partial charge in [0.1, 0.15) is 23.0 Å². The Morgan fingerprint density at radius 3 is 1.03 bits per heavy atom. The van der Waals surface area contributed by atoms with Crippen LogP contribution in [0.5, 0.6) is 23.0 Å². The van der Waals surface area contributed by atoms with Crippen molar-refractivity contribution in [1.29, 1.82) is 0 Å². The molecule has 0 aliphatic rings. The molecule has 4 heteroatoms. The fraction of sp³-hybridized carbons (Fsp3) is 0.0625. The van der Waals surface area contributed by atoms with Crippen LogP contribution in [0.25, 0.3) is 0 Å². The van der Waals surface area contributed by atoms with Crippen molar-refractivity contribution in [2.75, 3.05) is 0 Å². The first-order valence-electron chi connectivity index (χ1n) is 11.7. The summed E-state index contributed by atoms with van der Waals surface area (Å²) in [7, 11) is 0. The summed E-state index contributed by atoms with van der Waals surface area (Å²) in [5.74, 6) is 0.357. The normalized spacial score (nSPS) is 11.5. The van der Waals surface area contributed by atoms with Gasteiger partial charge in [-0.05, 0) is 76.3 Å². The zero-order valence-electron chi connectivity index (χ0n) is 19.5. The second kappa shape index (κ2) is 9.51. The Morgan fingerprint density at radius 2 is 0.667 bits per heavy atom. The van der Waals surface area contributed by atoms with E-state index in [0.717, 1.165) is 27.8 Å². The summed E-state index contributed by atoms with van der Waals surface area (Å²) in [6.45, 7) is 0. The highest BCUT2D eigenvalue weighted by Gasteiger charge is 2.45. The Morgan fingerprint density at radius 1 is 0.361 bits per heavy atom. The minimum absolute atomic E-state index is 0.164. The molecule has 5 rings (SSSR count). The fourth-order valence-corrected chi connectivity index (χ4v) is 5.18. The van der Waals surface area contributed by atoms with E-state index in [0.29, 0.717) is 0 Å². The Labute approximate surface area is 210 Å². The van der Waals surface area contributed by atoms with Crippen molar-refractivity contribution in [1.82, 2.24) is 0 Å². The van der Waals surface area contributed by atoms with Crippen LogP contribution < -0.4 is 0 Å². The van der Waals surface area contributed by atoms with Crippen molar-refractivity contribution in [2.45, 2.75) is 11.3 Å². The van der Waals surface area contributed by atoms with Crippen LogP contribution in [-0.4, -0.2) is 20.4 Å². The predicted molar refractivity (Wildman–Crippen MR) is 141 cm³/mol. The summed E-state index contributed by atoms with van der Waals surface area (Å²) in [6.07, 6.45) is 0. The molecular weight excluding hydrogens is 448 g/mol. The molecule has 0 amide bonds. The van der Waals surface area contributed by atoms with Crippen LogP contribution in [0.2, 0.25) is 0 Å². The van der Waals surface area contributed by atoms with Crippen molar-refractivity contribution >= 4 is 0 Å². The van der Waals surface area contributed by atoms with Gasteiger partial charge in [-0.2, -0.15) is 0 Å². The molecule has 0 aliphatic carbocycles. The lowest BCUT2D eigenvalue weighted by atomic mass is 9.58. The SMILES string of the molecule is Oc1ccc(C(c2ccc(O)cc2)C(c2ccccc2)(c2ccc(O)cc2)c2ccc(O)cc2)cc1. The molecule has 0 bridgehead atoms. The van der Waals surface area contributed by atoms with Gasteiger partial charge in [0.2, 0.25) is 0 Å². The molecule has 0 atom stereocenters. The molecule has 5 aromatic carbocycles. The first kappa shape index (κ1) is 23.1. The first-order chi connectivity index (χ1) is 17.5. The van der Waals surface area contributed by atoms with Crippen LogP contribution in [0.15, 0.2) is 127 Å². The van der Waals surface area contributed by atoms with Crippen molar-refractivity contribution in [2.24, 2.45) is 0 Å². The zero-order chi connectivity index (χ0) is 25.1. The number of hydrogen-bond donors (Lipinski definition) is 4. The van der Waals surface area contributed by atoms with Gasteiger partial charge in [-0.25, -0.2) is 0 Å².